The molecule has 2 aliphatic rings. The van der Waals surface area contributed by atoms with Crippen molar-refractivity contribution in [3.63, 3.8) is 0 Å². The monoisotopic (exact) mass is 623 g/mol. The van der Waals surface area contributed by atoms with E-state index in [1.165, 1.54) is 7.11 Å². The number of hydrogen-bond donors (Lipinski definition) is 2. The molecule has 3 amide bonds. The molecule has 1 fully saturated rings. The first-order valence-corrected chi connectivity index (χ1v) is 13.2. The maximum atomic E-state index is 12.9. The number of anilines is 1. The van der Waals surface area contributed by atoms with E-state index in [1.807, 2.05) is 29.2 Å². The number of likely N-dealkylation sites (tertiary alicyclic amines) is 1. The van der Waals surface area contributed by atoms with E-state index in [1.54, 1.807) is 17.0 Å². The van der Waals surface area contributed by atoms with Gasteiger partial charge in [0.25, 0.3) is 0 Å². The Morgan fingerprint density at radius 2 is 1.81 bits per heavy atom. The lowest BCUT2D eigenvalue weighted by molar-refractivity contribution is -0.151. The van der Waals surface area contributed by atoms with Crippen LogP contribution in [0.2, 0.25) is 0 Å². The molecule has 1 unspecified atom stereocenters. The third-order valence-corrected chi connectivity index (χ3v) is 7.72. The summed E-state index contributed by atoms with van der Waals surface area (Å²) >= 11 is 6.53. The van der Waals surface area contributed by atoms with Crippen molar-refractivity contribution in [1.82, 2.24) is 9.80 Å². The fourth-order valence-electron chi connectivity index (χ4n) is 4.55. The number of aromatic hydroxyl groups is 1. The lowest BCUT2D eigenvalue weighted by Crippen LogP contribution is -2.50. The highest BCUT2D eigenvalue weighted by Crippen LogP contribution is 2.34. The number of ether oxygens (including phenoxy) is 2. The van der Waals surface area contributed by atoms with Crippen LogP contribution in [0, 0.1) is 0 Å². The topological polar surface area (TPSA) is 108 Å². The number of para-hydroxylation sites is 1. The molecule has 0 radical (unpaired) electrons. The second-order valence-corrected chi connectivity index (χ2v) is 10.5. The Morgan fingerprint density at radius 3 is 2.47 bits per heavy atom. The minimum Gasteiger partial charge on any atom is -0.506 e. The zero-order chi connectivity index (χ0) is 25.8. The number of esters is 1. The second kappa shape index (κ2) is 11.5. The van der Waals surface area contributed by atoms with E-state index in [4.69, 9.17) is 9.47 Å². The maximum absolute atomic E-state index is 12.9. The Bertz CT molecular complexity index is 1130. The standard InChI is InChI=1S/C25H27Br2N3O6/c1-35-23(32)21(14-15-12-18(26)22(31)19(27)13-15)36-25(34)29-9-7-17(8-10-29)30-11-6-16-4-2-3-5-20(16)28-24(30)33/h2-5,12-13,17,21,31H,6-11,14H2,1H3,(H,28,33). The largest absolute Gasteiger partial charge is 0.506 e. The summed E-state index contributed by atoms with van der Waals surface area (Å²) in [5.41, 5.74) is 2.62. The molecule has 0 bridgehead atoms. The minimum absolute atomic E-state index is 0.00598. The molecule has 0 saturated carbocycles. The molecule has 2 heterocycles. The van der Waals surface area contributed by atoms with Gasteiger partial charge in [-0.3, -0.25) is 0 Å². The van der Waals surface area contributed by atoms with Crippen LogP contribution in [0.1, 0.15) is 24.0 Å². The predicted molar refractivity (Wildman–Crippen MR) is 140 cm³/mol. The number of nitrogens with zero attached hydrogens (tertiary/aromatic N) is 2. The number of phenolic OH excluding ortho intramolecular Hbond substituents is 1. The SMILES string of the molecule is COC(=O)C(Cc1cc(Br)c(O)c(Br)c1)OC(=O)N1CCC(N2CCc3ccccc3NC2=O)CC1. The number of benzene rings is 2. The quantitative estimate of drug-likeness (QED) is 0.467. The summed E-state index contributed by atoms with van der Waals surface area (Å²) < 4.78 is 11.3. The van der Waals surface area contributed by atoms with Crippen LogP contribution in [0.4, 0.5) is 15.3 Å². The van der Waals surface area contributed by atoms with Crippen LogP contribution in [-0.4, -0.2) is 71.9 Å². The van der Waals surface area contributed by atoms with E-state index < -0.39 is 18.2 Å². The highest BCUT2D eigenvalue weighted by molar-refractivity contribution is 9.11. The first kappa shape index (κ1) is 26.3. The van der Waals surface area contributed by atoms with E-state index in [-0.39, 0.29) is 24.2 Å². The van der Waals surface area contributed by atoms with Gasteiger partial charge in [-0.2, -0.15) is 0 Å². The fraction of sp³-hybridized carbons (Fsp3) is 0.400. The Hall–Kier alpha value is -2.79. The van der Waals surface area contributed by atoms with E-state index in [0.717, 1.165) is 17.7 Å². The lowest BCUT2D eigenvalue weighted by atomic mass is 10.0. The van der Waals surface area contributed by atoms with Gasteiger partial charge in [0.05, 0.1) is 16.1 Å². The van der Waals surface area contributed by atoms with E-state index in [9.17, 15) is 19.5 Å². The van der Waals surface area contributed by atoms with Gasteiger partial charge < -0.3 is 29.7 Å². The molecule has 0 aromatic heterocycles. The number of carbonyl (C=O) groups is 3. The molecule has 2 aromatic carbocycles. The van der Waals surface area contributed by atoms with Crippen molar-refractivity contribution >= 4 is 55.6 Å². The van der Waals surface area contributed by atoms with Gasteiger partial charge in [-0.05, 0) is 80.4 Å². The normalized spacial score (nSPS) is 17.0. The number of fused-ring (bicyclic) bond motifs is 1. The van der Waals surface area contributed by atoms with Gasteiger partial charge in [0.1, 0.15) is 5.75 Å². The summed E-state index contributed by atoms with van der Waals surface area (Å²) in [5.74, 6) is -0.630. The van der Waals surface area contributed by atoms with Crippen molar-refractivity contribution in [3.05, 3.63) is 56.5 Å². The van der Waals surface area contributed by atoms with Crippen LogP contribution < -0.4 is 5.32 Å². The molecule has 11 heteroatoms. The number of nitrogens with one attached hydrogen (secondary N) is 1. The van der Waals surface area contributed by atoms with Gasteiger partial charge in [0.15, 0.2) is 0 Å². The van der Waals surface area contributed by atoms with Crippen molar-refractivity contribution < 1.29 is 29.0 Å². The van der Waals surface area contributed by atoms with Crippen molar-refractivity contribution in [2.45, 2.75) is 37.8 Å². The fourth-order valence-corrected chi connectivity index (χ4v) is 5.83. The molecule has 192 valence electrons. The van der Waals surface area contributed by atoms with Gasteiger partial charge >= 0.3 is 18.1 Å². The summed E-state index contributed by atoms with van der Waals surface area (Å²) in [5, 5.41) is 12.9. The number of amides is 3. The second-order valence-electron chi connectivity index (χ2n) is 8.76. The Labute approximate surface area is 226 Å². The molecule has 36 heavy (non-hydrogen) atoms. The molecule has 9 nitrogen and oxygen atoms in total. The van der Waals surface area contributed by atoms with Crippen LogP contribution in [0.25, 0.3) is 0 Å². The van der Waals surface area contributed by atoms with Gasteiger partial charge in [-0.15, -0.1) is 0 Å². The lowest BCUT2D eigenvalue weighted by Gasteiger charge is -2.37. The third kappa shape index (κ3) is 5.95. The summed E-state index contributed by atoms with van der Waals surface area (Å²) in [6.07, 6.45) is 0.327. The Morgan fingerprint density at radius 1 is 1.14 bits per heavy atom. The van der Waals surface area contributed by atoms with Crippen molar-refractivity contribution in [2.75, 3.05) is 32.1 Å². The first-order chi connectivity index (χ1) is 17.3. The van der Waals surface area contributed by atoms with Gasteiger partial charge in [-0.1, -0.05) is 18.2 Å². The molecule has 4 rings (SSSR count). The van der Waals surface area contributed by atoms with E-state index >= 15 is 0 Å². The Kier molecular flexibility index (Phi) is 8.40. The molecule has 2 aliphatic heterocycles. The van der Waals surface area contributed by atoms with Gasteiger partial charge in [0.2, 0.25) is 6.10 Å². The molecule has 0 aliphatic carbocycles. The molecular formula is C25H27Br2N3O6. The molecule has 1 atom stereocenters. The first-order valence-electron chi connectivity index (χ1n) is 11.6. The zero-order valence-corrected chi connectivity index (χ0v) is 22.9. The number of carbonyl (C=O) groups excluding carboxylic acids is 3. The smallest absolute Gasteiger partial charge is 0.410 e. The summed E-state index contributed by atoms with van der Waals surface area (Å²) in [6, 6.07) is 11.0. The molecular weight excluding hydrogens is 598 g/mol. The molecule has 0 spiro atoms. The average Bonchev–Trinajstić information content (AvgIpc) is 3.04. The van der Waals surface area contributed by atoms with Crippen molar-refractivity contribution in [1.29, 1.82) is 0 Å². The zero-order valence-electron chi connectivity index (χ0n) is 19.7. The van der Waals surface area contributed by atoms with E-state index in [2.05, 4.69) is 37.2 Å². The maximum Gasteiger partial charge on any atom is 0.410 e. The van der Waals surface area contributed by atoms with Gasteiger partial charge in [0, 0.05) is 37.8 Å². The number of methoxy groups -OCH3 is 1. The van der Waals surface area contributed by atoms with Crippen LogP contribution in [0.3, 0.4) is 0 Å². The molecule has 2 aromatic rings. The number of hydrogen-bond acceptors (Lipinski definition) is 6. The van der Waals surface area contributed by atoms with Crippen molar-refractivity contribution in [3.8, 4) is 5.75 Å². The van der Waals surface area contributed by atoms with Crippen molar-refractivity contribution in [2.24, 2.45) is 0 Å². The number of piperidine rings is 1. The van der Waals surface area contributed by atoms with E-state index in [0.29, 0.717) is 47.0 Å². The predicted octanol–water partition coefficient (Wildman–Crippen LogP) is 4.69. The number of halogens is 2. The van der Waals surface area contributed by atoms with Crippen LogP contribution in [-0.2, 0) is 27.1 Å². The summed E-state index contributed by atoms with van der Waals surface area (Å²) in [4.78, 5) is 41.5. The number of urea groups is 1. The summed E-state index contributed by atoms with van der Waals surface area (Å²) in [7, 11) is 1.24. The van der Waals surface area contributed by atoms with Gasteiger partial charge in [-0.25, -0.2) is 14.4 Å². The average molecular weight is 625 g/mol. The Balaban J connectivity index is 1.35. The third-order valence-electron chi connectivity index (χ3n) is 6.51. The minimum atomic E-state index is -1.14. The highest BCUT2D eigenvalue weighted by atomic mass is 79.9. The highest BCUT2D eigenvalue weighted by Gasteiger charge is 2.33. The van der Waals surface area contributed by atoms with Crippen LogP contribution in [0.5, 0.6) is 5.75 Å². The summed E-state index contributed by atoms with van der Waals surface area (Å²) in [6.45, 7) is 1.43. The van der Waals surface area contributed by atoms with Crippen LogP contribution in [0.15, 0.2) is 45.3 Å². The van der Waals surface area contributed by atoms with Crippen LogP contribution >= 0.6 is 31.9 Å². The molecule has 2 N–H and O–H groups in total. The number of phenols is 1. The number of rotatable bonds is 5. The molecule has 1 saturated heterocycles.